The Morgan fingerprint density at radius 1 is 1.07 bits per heavy atom. The van der Waals surface area contributed by atoms with Crippen LogP contribution in [0.15, 0.2) is 33.9 Å². The molecule has 1 saturated carbocycles. The van der Waals surface area contributed by atoms with Gasteiger partial charge in [0.15, 0.2) is 5.60 Å². The van der Waals surface area contributed by atoms with Gasteiger partial charge < -0.3 is 15.2 Å². The molecule has 0 bridgehead atoms. The Hall–Kier alpha value is -3.31. The summed E-state index contributed by atoms with van der Waals surface area (Å²) in [5, 5.41) is 16.4. The molecule has 0 saturated heterocycles. The lowest BCUT2D eigenvalue weighted by Crippen LogP contribution is -2.43. The molecule has 1 aliphatic rings. The van der Waals surface area contributed by atoms with Crippen molar-refractivity contribution in [3.8, 4) is 5.75 Å². The van der Waals surface area contributed by atoms with Crippen molar-refractivity contribution in [1.82, 2.24) is 14.3 Å². The van der Waals surface area contributed by atoms with Crippen LogP contribution in [0, 0.1) is 5.92 Å². The normalized spacial score (nSPS) is 14.7. The Morgan fingerprint density at radius 3 is 2.38 bits per heavy atom. The SMILES string of the molecule is CC(C)(Oc1ccc(CCNc2nn(CCCC3CCCCC3)c(=O)n(CCCC(F)(F)F)c2=O)cc1)C(=O)O. The van der Waals surface area contributed by atoms with Crippen molar-refractivity contribution in [1.29, 1.82) is 0 Å². The van der Waals surface area contributed by atoms with Crippen molar-refractivity contribution >= 4 is 11.8 Å². The number of rotatable bonds is 14. The van der Waals surface area contributed by atoms with E-state index in [1.165, 1.54) is 37.8 Å². The highest BCUT2D eigenvalue weighted by Gasteiger charge is 2.29. The molecule has 9 nitrogen and oxygen atoms in total. The monoisotopic (exact) mass is 568 g/mol. The lowest BCUT2D eigenvalue weighted by atomic mass is 9.86. The van der Waals surface area contributed by atoms with Gasteiger partial charge in [-0.3, -0.25) is 9.36 Å². The first kappa shape index (κ1) is 31.2. The Balaban J connectivity index is 1.68. The number of nitrogens with zero attached hydrogens (tertiary/aromatic N) is 3. The number of hydrogen-bond acceptors (Lipinski definition) is 6. The maximum atomic E-state index is 13.0. The lowest BCUT2D eigenvalue weighted by Gasteiger charge is -2.21. The number of carbonyl (C=O) groups is 1. The minimum atomic E-state index is -4.37. The first-order valence-electron chi connectivity index (χ1n) is 13.9. The fraction of sp³-hybridized carbons (Fsp3) is 0.643. The fourth-order valence-electron chi connectivity index (χ4n) is 4.84. The van der Waals surface area contributed by atoms with Crippen molar-refractivity contribution in [3.63, 3.8) is 0 Å². The van der Waals surface area contributed by atoms with Crippen molar-refractivity contribution in [2.75, 3.05) is 11.9 Å². The van der Waals surface area contributed by atoms with E-state index in [-0.39, 0.29) is 31.9 Å². The van der Waals surface area contributed by atoms with Crippen molar-refractivity contribution in [2.24, 2.45) is 5.92 Å². The summed E-state index contributed by atoms with van der Waals surface area (Å²) in [6.07, 6.45) is 2.25. The lowest BCUT2D eigenvalue weighted by molar-refractivity contribution is -0.152. The number of carboxylic acid groups (broad SMARTS) is 1. The number of carboxylic acids is 1. The second-order valence-corrected chi connectivity index (χ2v) is 10.9. The quantitative estimate of drug-likeness (QED) is 0.329. The third kappa shape index (κ3) is 9.41. The summed E-state index contributed by atoms with van der Waals surface area (Å²) in [6.45, 7) is 3.13. The fourth-order valence-corrected chi connectivity index (χ4v) is 4.84. The van der Waals surface area contributed by atoms with Gasteiger partial charge in [0, 0.05) is 26.1 Å². The van der Waals surface area contributed by atoms with E-state index in [1.807, 2.05) is 0 Å². The summed E-state index contributed by atoms with van der Waals surface area (Å²) in [5.74, 6) is -0.167. The van der Waals surface area contributed by atoms with Crippen LogP contribution in [0.4, 0.5) is 19.0 Å². The Kier molecular flexibility index (Phi) is 10.8. The summed E-state index contributed by atoms with van der Waals surface area (Å²) in [7, 11) is 0. The van der Waals surface area contributed by atoms with Crippen LogP contribution in [0.5, 0.6) is 5.75 Å². The number of aliphatic carboxylic acids is 1. The van der Waals surface area contributed by atoms with E-state index in [2.05, 4.69) is 10.4 Å². The van der Waals surface area contributed by atoms with Crippen LogP contribution in [0.25, 0.3) is 0 Å². The van der Waals surface area contributed by atoms with E-state index < -0.39 is 35.4 Å². The number of hydrogen-bond donors (Lipinski definition) is 2. The maximum Gasteiger partial charge on any atom is 0.389 e. The van der Waals surface area contributed by atoms with Crippen molar-refractivity contribution < 1.29 is 27.8 Å². The van der Waals surface area contributed by atoms with Crippen molar-refractivity contribution in [2.45, 2.75) is 103 Å². The van der Waals surface area contributed by atoms with Gasteiger partial charge >= 0.3 is 17.8 Å². The zero-order valence-electron chi connectivity index (χ0n) is 23.1. The summed E-state index contributed by atoms with van der Waals surface area (Å²) in [4.78, 5) is 37.2. The molecule has 0 amide bonds. The summed E-state index contributed by atoms with van der Waals surface area (Å²) in [5.41, 5.74) is -1.94. The zero-order valence-corrected chi connectivity index (χ0v) is 23.1. The molecule has 1 aromatic carbocycles. The molecule has 1 aromatic heterocycles. The van der Waals surface area contributed by atoms with E-state index >= 15 is 0 Å². The minimum absolute atomic E-state index is 0.0764. The standard InChI is InChI=1S/C28H39F3N4O5/c1-27(2,25(37)38)40-22-13-11-21(12-14-22)15-17-32-23-24(36)34(18-7-16-28(29,30)31)26(39)35(33-23)19-6-10-20-8-4-3-5-9-20/h11-14,20H,3-10,15-19H2,1-2H3,(H,32,33)(H,37,38). The predicted octanol–water partition coefficient (Wildman–Crippen LogP) is 5.00. The summed E-state index contributed by atoms with van der Waals surface area (Å²) < 4.78 is 45.6. The molecule has 2 N–H and O–H groups in total. The largest absolute Gasteiger partial charge is 0.478 e. The van der Waals surface area contributed by atoms with Crippen LogP contribution in [-0.2, 0) is 24.3 Å². The molecule has 0 unspecified atom stereocenters. The van der Waals surface area contributed by atoms with Crippen LogP contribution >= 0.6 is 0 Å². The van der Waals surface area contributed by atoms with Gasteiger partial charge in [-0.2, -0.15) is 13.2 Å². The van der Waals surface area contributed by atoms with Gasteiger partial charge in [0.25, 0.3) is 5.56 Å². The Morgan fingerprint density at radius 2 is 1.75 bits per heavy atom. The molecule has 1 fully saturated rings. The third-order valence-corrected chi connectivity index (χ3v) is 7.19. The molecule has 0 radical (unpaired) electrons. The second-order valence-electron chi connectivity index (χ2n) is 10.9. The molecule has 1 heterocycles. The molecule has 0 atom stereocenters. The third-order valence-electron chi connectivity index (χ3n) is 7.19. The van der Waals surface area contributed by atoms with Gasteiger partial charge in [-0.1, -0.05) is 44.2 Å². The first-order valence-corrected chi connectivity index (χ1v) is 13.9. The Labute approximate surface area is 231 Å². The van der Waals surface area contributed by atoms with E-state index in [4.69, 9.17) is 4.74 Å². The molecule has 40 heavy (non-hydrogen) atoms. The number of aromatic nitrogens is 3. The predicted molar refractivity (Wildman–Crippen MR) is 145 cm³/mol. The van der Waals surface area contributed by atoms with Crippen molar-refractivity contribution in [3.05, 3.63) is 50.7 Å². The number of benzene rings is 1. The minimum Gasteiger partial charge on any atom is -0.478 e. The van der Waals surface area contributed by atoms with Crippen LogP contribution in [-0.4, -0.2) is 43.7 Å². The molecule has 222 valence electrons. The summed E-state index contributed by atoms with van der Waals surface area (Å²) >= 11 is 0. The van der Waals surface area contributed by atoms with Gasteiger partial charge in [0.2, 0.25) is 5.82 Å². The molecule has 0 spiro atoms. The number of ether oxygens (including phenoxy) is 1. The summed E-state index contributed by atoms with van der Waals surface area (Å²) in [6, 6.07) is 6.84. The molecular weight excluding hydrogens is 529 g/mol. The molecule has 3 rings (SSSR count). The second kappa shape index (κ2) is 13.8. The molecule has 1 aliphatic carbocycles. The van der Waals surface area contributed by atoms with Crippen LogP contribution in [0.3, 0.4) is 0 Å². The topological polar surface area (TPSA) is 115 Å². The molecule has 0 aliphatic heterocycles. The smallest absolute Gasteiger partial charge is 0.389 e. The number of nitrogens with one attached hydrogen (secondary N) is 1. The van der Waals surface area contributed by atoms with Crippen LogP contribution in [0.2, 0.25) is 0 Å². The van der Waals surface area contributed by atoms with E-state index in [0.717, 1.165) is 29.4 Å². The first-order chi connectivity index (χ1) is 18.9. The van der Waals surface area contributed by atoms with Gasteiger partial charge in [0.05, 0.1) is 0 Å². The maximum absolute atomic E-state index is 13.0. The Bertz CT molecular complexity index is 1230. The van der Waals surface area contributed by atoms with Gasteiger partial charge in [-0.15, -0.1) is 5.10 Å². The molecular formula is C28H39F3N4O5. The van der Waals surface area contributed by atoms with E-state index in [1.54, 1.807) is 24.3 Å². The van der Waals surface area contributed by atoms with E-state index in [0.29, 0.717) is 24.5 Å². The number of anilines is 1. The number of aryl methyl sites for hydroxylation is 1. The average Bonchev–Trinajstić information content (AvgIpc) is 2.89. The van der Waals surface area contributed by atoms with Crippen LogP contribution in [0.1, 0.15) is 77.2 Å². The van der Waals surface area contributed by atoms with Gasteiger partial charge in [-0.05, 0) is 63.1 Å². The number of halogens is 3. The zero-order chi connectivity index (χ0) is 29.3. The van der Waals surface area contributed by atoms with Gasteiger partial charge in [-0.25, -0.2) is 14.3 Å². The van der Waals surface area contributed by atoms with E-state index in [9.17, 15) is 32.7 Å². The highest BCUT2D eigenvalue weighted by molar-refractivity contribution is 5.76. The number of alkyl halides is 3. The van der Waals surface area contributed by atoms with Gasteiger partial charge in [0.1, 0.15) is 5.75 Å². The molecule has 12 heteroatoms. The molecule has 2 aromatic rings. The highest BCUT2D eigenvalue weighted by atomic mass is 19.4. The average molecular weight is 569 g/mol. The van der Waals surface area contributed by atoms with Crippen LogP contribution < -0.4 is 21.3 Å². The highest BCUT2D eigenvalue weighted by Crippen LogP contribution is 2.27.